The Morgan fingerprint density at radius 1 is 1.03 bits per heavy atom. The summed E-state index contributed by atoms with van der Waals surface area (Å²) in [5.74, 6) is -1.24. The number of halogens is 4. The molecule has 3 rings (SSSR count). The number of likely N-dealkylation sites (tertiary alicyclic amines) is 1. The highest BCUT2D eigenvalue weighted by molar-refractivity contribution is 5.96. The molecule has 0 radical (unpaired) electrons. The third kappa shape index (κ3) is 5.53. The molecule has 0 saturated carbocycles. The summed E-state index contributed by atoms with van der Waals surface area (Å²) < 4.78 is 58.6. The molecule has 5 nitrogen and oxygen atoms in total. The zero-order valence-electron chi connectivity index (χ0n) is 16.6. The fourth-order valence-corrected chi connectivity index (χ4v) is 3.78. The molecule has 0 unspecified atom stereocenters. The summed E-state index contributed by atoms with van der Waals surface area (Å²) in [5, 5.41) is 0. The van der Waals surface area contributed by atoms with Gasteiger partial charge >= 0.3 is 6.18 Å². The number of carbonyl (C=O) groups excluding carboxylic acids is 2. The average Bonchev–Trinajstić information content (AvgIpc) is 2.72. The van der Waals surface area contributed by atoms with Gasteiger partial charge in [-0.1, -0.05) is 12.1 Å². The van der Waals surface area contributed by atoms with Gasteiger partial charge in [0.05, 0.1) is 17.7 Å². The van der Waals surface area contributed by atoms with Crippen LogP contribution in [0.15, 0.2) is 48.5 Å². The number of hydrogen-bond acceptors (Lipinski definition) is 3. The number of piperidine rings is 1. The van der Waals surface area contributed by atoms with E-state index in [1.165, 1.54) is 41.3 Å². The van der Waals surface area contributed by atoms with Gasteiger partial charge in [-0.3, -0.25) is 9.59 Å². The summed E-state index contributed by atoms with van der Waals surface area (Å²) in [6.07, 6.45) is -3.97. The Morgan fingerprint density at radius 3 is 2.23 bits per heavy atom. The van der Waals surface area contributed by atoms with Crippen molar-refractivity contribution in [2.75, 3.05) is 19.7 Å². The minimum absolute atomic E-state index is 0.00929. The number of hydrogen-bond donors (Lipinski definition) is 1. The lowest BCUT2D eigenvalue weighted by atomic mass is 9.76. The predicted octanol–water partition coefficient (Wildman–Crippen LogP) is 4.02. The fourth-order valence-electron chi connectivity index (χ4n) is 3.78. The van der Waals surface area contributed by atoms with Crippen LogP contribution in [0.2, 0.25) is 0 Å². The maximum Gasteiger partial charge on any atom is 0.417 e. The normalized spacial score (nSPS) is 16.1. The van der Waals surface area contributed by atoms with Crippen molar-refractivity contribution in [1.82, 2.24) is 4.90 Å². The van der Waals surface area contributed by atoms with Crippen molar-refractivity contribution >= 4 is 11.8 Å². The van der Waals surface area contributed by atoms with Gasteiger partial charge in [0.15, 0.2) is 0 Å². The minimum atomic E-state index is -4.64. The number of alkyl halides is 3. The van der Waals surface area contributed by atoms with Gasteiger partial charge in [0.25, 0.3) is 5.91 Å². The van der Waals surface area contributed by atoms with E-state index >= 15 is 0 Å². The van der Waals surface area contributed by atoms with Crippen molar-refractivity contribution in [3.63, 3.8) is 0 Å². The number of nitrogens with zero attached hydrogens (tertiary/aromatic N) is 1. The summed E-state index contributed by atoms with van der Waals surface area (Å²) in [4.78, 5) is 25.8. The quantitative estimate of drug-likeness (QED) is 0.693. The van der Waals surface area contributed by atoms with E-state index in [-0.39, 0.29) is 26.1 Å². The summed E-state index contributed by atoms with van der Waals surface area (Å²) in [5.41, 5.74) is 3.35. The van der Waals surface area contributed by atoms with Gasteiger partial charge in [-0.2, -0.15) is 13.2 Å². The van der Waals surface area contributed by atoms with Crippen LogP contribution < -0.4 is 10.5 Å². The number of benzene rings is 2. The standard InChI is InChI=1S/C22H22F4N2O3/c23-15-5-7-16(8-6-15)31-14-21(13-19(27)29)9-11-28(12-10-21)20(30)17-3-1-2-4-18(17)22(24,25)26/h1-8H,9-14H2,(H2,27,29). The maximum atomic E-state index is 13.3. The molecule has 2 aromatic carbocycles. The Labute approximate surface area is 176 Å². The molecule has 2 amide bonds. The molecule has 2 aromatic rings. The smallest absolute Gasteiger partial charge is 0.417 e. The van der Waals surface area contributed by atoms with Crippen molar-refractivity contribution in [2.45, 2.75) is 25.4 Å². The molecule has 1 aliphatic rings. The van der Waals surface area contributed by atoms with E-state index in [4.69, 9.17) is 10.5 Å². The van der Waals surface area contributed by atoms with E-state index in [1.807, 2.05) is 0 Å². The Balaban J connectivity index is 1.71. The van der Waals surface area contributed by atoms with Gasteiger partial charge in [-0.15, -0.1) is 0 Å². The first-order valence-corrected chi connectivity index (χ1v) is 9.72. The number of ether oxygens (including phenoxy) is 1. The van der Waals surface area contributed by atoms with Crippen LogP contribution in [0.5, 0.6) is 5.75 Å². The fraction of sp³-hybridized carbons (Fsp3) is 0.364. The third-order valence-corrected chi connectivity index (χ3v) is 5.48. The van der Waals surface area contributed by atoms with Crippen molar-refractivity contribution in [1.29, 1.82) is 0 Å². The van der Waals surface area contributed by atoms with E-state index in [1.54, 1.807) is 0 Å². The van der Waals surface area contributed by atoms with E-state index in [2.05, 4.69) is 0 Å². The second-order valence-electron chi connectivity index (χ2n) is 7.72. The second kappa shape index (κ2) is 8.95. The molecule has 0 bridgehead atoms. The first-order valence-electron chi connectivity index (χ1n) is 9.72. The number of primary amides is 1. The van der Waals surface area contributed by atoms with E-state index < -0.39 is 40.3 Å². The van der Waals surface area contributed by atoms with Crippen molar-refractivity contribution in [2.24, 2.45) is 11.1 Å². The summed E-state index contributed by atoms with van der Waals surface area (Å²) in [7, 11) is 0. The molecule has 0 aromatic heterocycles. The van der Waals surface area contributed by atoms with Crippen molar-refractivity contribution in [3.05, 3.63) is 65.5 Å². The summed E-state index contributed by atoms with van der Waals surface area (Å²) in [6.45, 7) is 0.429. The summed E-state index contributed by atoms with van der Waals surface area (Å²) in [6, 6.07) is 10.1. The van der Waals surface area contributed by atoms with Gasteiger partial charge in [-0.25, -0.2) is 4.39 Å². The van der Waals surface area contributed by atoms with Gasteiger partial charge in [0.2, 0.25) is 5.91 Å². The average molecular weight is 438 g/mol. The van der Waals surface area contributed by atoms with Crippen LogP contribution in [0, 0.1) is 11.2 Å². The predicted molar refractivity (Wildman–Crippen MR) is 105 cm³/mol. The van der Waals surface area contributed by atoms with Gasteiger partial charge in [0, 0.05) is 24.9 Å². The van der Waals surface area contributed by atoms with Crippen LogP contribution in [0.25, 0.3) is 0 Å². The summed E-state index contributed by atoms with van der Waals surface area (Å²) >= 11 is 0. The van der Waals surface area contributed by atoms with Gasteiger partial charge in [0.1, 0.15) is 11.6 Å². The first-order chi connectivity index (χ1) is 14.6. The number of nitrogens with two attached hydrogens (primary N) is 1. The first kappa shape index (κ1) is 22.6. The van der Waals surface area contributed by atoms with Crippen LogP contribution in [0.3, 0.4) is 0 Å². The second-order valence-corrected chi connectivity index (χ2v) is 7.72. The molecule has 31 heavy (non-hydrogen) atoms. The molecule has 1 heterocycles. The molecule has 166 valence electrons. The van der Waals surface area contributed by atoms with Crippen LogP contribution in [0.4, 0.5) is 17.6 Å². The van der Waals surface area contributed by atoms with Crippen molar-refractivity contribution < 1.29 is 31.9 Å². The van der Waals surface area contributed by atoms with E-state index in [0.29, 0.717) is 18.6 Å². The topological polar surface area (TPSA) is 72.6 Å². The molecule has 1 aliphatic heterocycles. The highest BCUT2D eigenvalue weighted by atomic mass is 19.4. The molecular formula is C22H22F4N2O3. The lowest BCUT2D eigenvalue weighted by Crippen LogP contribution is -2.47. The molecule has 0 atom stereocenters. The molecule has 2 N–H and O–H groups in total. The molecule has 1 fully saturated rings. The number of rotatable bonds is 6. The zero-order chi connectivity index (χ0) is 22.6. The Morgan fingerprint density at radius 2 is 1.65 bits per heavy atom. The SMILES string of the molecule is NC(=O)CC1(COc2ccc(F)cc2)CCN(C(=O)c2ccccc2C(F)(F)F)CC1. The van der Waals surface area contributed by atoms with Crippen LogP contribution in [0.1, 0.15) is 35.2 Å². The van der Waals surface area contributed by atoms with E-state index in [0.717, 1.165) is 12.1 Å². The Kier molecular flexibility index (Phi) is 6.52. The molecule has 0 spiro atoms. The van der Waals surface area contributed by atoms with Gasteiger partial charge < -0.3 is 15.4 Å². The molecule has 1 saturated heterocycles. The number of amides is 2. The lowest BCUT2D eigenvalue weighted by Gasteiger charge is -2.41. The molecule has 0 aliphatic carbocycles. The van der Waals surface area contributed by atoms with Crippen LogP contribution in [-0.4, -0.2) is 36.4 Å². The zero-order valence-corrected chi connectivity index (χ0v) is 16.6. The number of carbonyl (C=O) groups is 2. The Hall–Kier alpha value is -3.10. The minimum Gasteiger partial charge on any atom is -0.493 e. The van der Waals surface area contributed by atoms with Crippen LogP contribution in [-0.2, 0) is 11.0 Å². The lowest BCUT2D eigenvalue weighted by molar-refractivity contribution is -0.138. The molecule has 9 heteroatoms. The van der Waals surface area contributed by atoms with E-state index in [9.17, 15) is 27.2 Å². The highest BCUT2D eigenvalue weighted by Crippen LogP contribution is 2.37. The van der Waals surface area contributed by atoms with Gasteiger partial charge in [-0.05, 0) is 49.2 Å². The largest absolute Gasteiger partial charge is 0.493 e. The molecular weight excluding hydrogens is 416 g/mol. The highest BCUT2D eigenvalue weighted by Gasteiger charge is 2.40. The Bertz CT molecular complexity index is 937. The monoisotopic (exact) mass is 438 g/mol. The van der Waals surface area contributed by atoms with Crippen LogP contribution >= 0.6 is 0 Å². The third-order valence-electron chi connectivity index (χ3n) is 5.48. The van der Waals surface area contributed by atoms with Crippen molar-refractivity contribution in [3.8, 4) is 5.75 Å². The maximum absolute atomic E-state index is 13.3.